The largest absolute Gasteiger partial charge is 0.398 e. The molecule has 0 amide bonds. The number of pyridine rings is 1. The van der Waals surface area contributed by atoms with Gasteiger partial charge >= 0.3 is 0 Å². The smallest absolute Gasteiger partial charge is 0.0992 e. The quantitative estimate of drug-likeness (QED) is 0.544. The van der Waals surface area contributed by atoms with Crippen molar-refractivity contribution in [3.63, 3.8) is 0 Å². The summed E-state index contributed by atoms with van der Waals surface area (Å²) in [5.41, 5.74) is 8.44. The summed E-state index contributed by atoms with van der Waals surface area (Å²) in [4.78, 5) is 3.91. The Morgan fingerprint density at radius 2 is 1.76 bits per heavy atom. The van der Waals surface area contributed by atoms with Crippen LogP contribution in [0.5, 0.6) is 0 Å². The molecule has 2 aromatic rings. The van der Waals surface area contributed by atoms with Gasteiger partial charge in [-0.25, -0.2) is 0 Å². The average Bonchev–Trinajstić information content (AvgIpc) is 2.39. The van der Waals surface area contributed by atoms with Gasteiger partial charge in [-0.05, 0) is 30.3 Å². The number of nitrogen functional groups attached to an aromatic ring is 1. The average molecular weight is 219 g/mol. The van der Waals surface area contributed by atoms with E-state index in [2.05, 4.69) is 22.9 Å². The first kappa shape index (κ1) is 10.7. The van der Waals surface area contributed by atoms with E-state index in [1.54, 1.807) is 30.6 Å². The van der Waals surface area contributed by atoms with Crippen molar-refractivity contribution >= 4 is 5.69 Å². The third kappa shape index (κ3) is 2.62. The van der Waals surface area contributed by atoms with Crippen LogP contribution in [0.1, 0.15) is 16.7 Å². The van der Waals surface area contributed by atoms with Gasteiger partial charge in [0.2, 0.25) is 0 Å². The van der Waals surface area contributed by atoms with E-state index in [0.29, 0.717) is 16.8 Å². The van der Waals surface area contributed by atoms with Crippen molar-refractivity contribution in [2.75, 3.05) is 5.73 Å². The molecule has 0 unspecified atom stereocenters. The summed E-state index contributed by atoms with van der Waals surface area (Å²) >= 11 is 0. The molecule has 1 heterocycles. The predicted molar refractivity (Wildman–Crippen MR) is 65.8 cm³/mol. The summed E-state index contributed by atoms with van der Waals surface area (Å²) < 4.78 is 0. The molecule has 0 saturated carbocycles. The maximum absolute atomic E-state index is 8.79. The molecule has 3 nitrogen and oxygen atoms in total. The molecule has 17 heavy (non-hydrogen) atoms. The van der Waals surface area contributed by atoms with Crippen LogP contribution < -0.4 is 5.73 Å². The summed E-state index contributed by atoms with van der Waals surface area (Å²) in [6, 6.07) is 10.7. The van der Waals surface area contributed by atoms with Crippen LogP contribution in [0.15, 0.2) is 42.7 Å². The number of aromatic nitrogens is 1. The van der Waals surface area contributed by atoms with Gasteiger partial charge in [0.15, 0.2) is 0 Å². The second-order valence-electron chi connectivity index (χ2n) is 3.40. The molecule has 0 radical (unpaired) electrons. The van der Waals surface area contributed by atoms with E-state index >= 15 is 0 Å². The Balaban J connectivity index is 2.37. The lowest BCUT2D eigenvalue weighted by Gasteiger charge is -1.97. The summed E-state index contributed by atoms with van der Waals surface area (Å²) in [6.45, 7) is 0. The van der Waals surface area contributed by atoms with Gasteiger partial charge in [-0.1, -0.05) is 11.8 Å². The van der Waals surface area contributed by atoms with Gasteiger partial charge < -0.3 is 5.73 Å². The van der Waals surface area contributed by atoms with Crippen LogP contribution in [0.25, 0.3) is 0 Å². The standard InChI is InChI=1S/C14H9N3/c15-10-12-2-4-14(16)13(9-12)3-1-11-5-7-17-8-6-11/h2,4-9H,16H2. The van der Waals surface area contributed by atoms with Crippen LogP contribution in [-0.4, -0.2) is 4.98 Å². The van der Waals surface area contributed by atoms with Gasteiger partial charge in [-0.15, -0.1) is 0 Å². The van der Waals surface area contributed by atoms with Crippen LogP contribution in [0.3, 0.4) is 0 Å². The van der Waals surface area contributed by atoms with Gasteiger partial charge in [0, 0.05) is 29.2 Å². The molecular weight excluding hydrogens is 210 g/mol. The molecule has 2 rings (SSSR count). The fourth-order valence-corrected chi connectivity index (χ4v) is 1.31. The van der Waals surface area contributed by atoms with Gasteiger partial charge in [-0.3, -0.25) is 4.98 Å². The second-order valence-corrected chi connectivity index (χ2v) is 3.40. The molecule has 0 spiro atoms. The molecule has 0 aliphatic carbocycles. The minimum atomic E-state index is 0.554. The van der Waals surface area contributed by atoms with Crippen molar-refractivity contribution in [2.45, 2.75) is 0 Å². The van der Waals surface area contributed by atoms with Crippen molar-refractivity contribution < 1.29 is 0 Å². The van der Waals surface area contributed by atoms with Gasteiger partial charge in [0.1, 0.15) is 0 Å². The zero-order valence-electron chi connectivity index (χ0n) is 9.01. The minimum Gasteiger partial charge on any atom is -0.398 e. The number of anilines is 1. The molecule has 0 aliphatic rings. The van der Waals surface area contributed by atoms with Gasteiger partial charge in [0.05, 0.1) is 11.6 Å². The lowest BCUT2D eigenvalue weighted by atomic mass is 10.1. The van der Waals surface area contributed by atoms with Crippen LogP contribution in [-0.2, 0) is 0 Å². The fraction of sp³-hybridized carbons (Fsp3) is 0. The Bertz CT molecular complexity index is 628. The van der Waals surface area contributed by atoms with Crippen molar-refractivity contribution in [2.24, 2.45) is 0 Å². The Labute approximate surface area is 99.5 Å². The topological polar surface area (TPSA) is 62.7 Å². The molecule has 2 N–H and O–H groups in total. The summed E-state index contributed by atoms with van der Waals surface area (Å²) in [5, 5.41) is 8.79. The second kappa shape index (κ2) is 4.83. The van der Waals surface area contributed by atoms with Gasteiger partial charge in [0.25, 0.3) is 0 Å². The molecule has 0 bridgehead atoms. The van der Waals surface area contributed by atoms with Crippen LogP contribution in [0.4, 0.5) is 5.69 Å². The van der Waals surface area contributed by atoms with Crippen molar-refractivity contribution in [1.29, 1.82) is 5.26 Å². The van der Waals surface area contributed by atoms with E-state index in [1.807, 2.05) is 12.1 Å². The molecule has 80 valence electrons. The first-order valence-corrected chi connectivity index (χ1v) is 5.01. The zero-order chi connectivity index (χ0) is 12.1. The highest BCUT2D eigenvalue weighted by Gasteiger charge is 1.97. The first-order valence-electron chi connectivity index (χ1n) is 5.01. The number of rotatable bonds is 0. The zero-order valence-corrected chi connectivity index (χ0v) is 9.01. The summed E-state index contributed by atoms with van der Waals surface area (Å²) in [7, 11) is 0. The minimum absolute atomic E-state index is 0.554. The van der Waals surface area contributed by atoms with Crippen molar-refractivity contribution in [3.05, 3.63) is 59.4 Å². The number of hydrogen-bond acceptors (Lipinski definition) is 3. The summed E-state index contributed by atoms with van der Waals surface area (Å²) in [5.74, 6) is 5.92. The maximum atomic E-state index is 8.79. The number of nitriles is 1. The van der Waals surface area contributed by atoms with E-state index < -0.39 is 0 Å². The SMILES string of the molecule is N#Cc1ccc(N)c(C#Cc2ccncc2)c1. The maximum Gasteiger partial charge on any atom is 0.0992 e. The highest BCUT2D eigenvalue weighted by atomic mass is 14.6. The molecule has 1 aromatic carbocycles. The predicted octanol–water partition coefficient (Wildman–Crippen LogP) is 1.94. The molecule has 0 atom stereocenters. The van der Waals surface area contributed by atoms with E-state index in [4.69, 9.17) is 11.0 Å². The number of nitrogens with zero attached hydrogens (tertiary/aromatic N) is 2. The number of benzene rings is 1. The molecule has 0 saturated heterocycles. The van der Waals surface area contributed by atoms with E-state index in [1.165, 1.54) is 0 Å². The van der Waals surface area contributed by atoms with Crippen LogP contribution in [0, 0.1) is 23.2 Å². The monoisotopic (exact) mass is 219 g/mol. The Morgan fingerprint density at radius 3 is 2.47 bits per heavy atom. The fourth-order valence-electron chi connectivity index (χ4n) is 1.31. The molecule has 0 aliphatic heterocycles. The van der Waals surface area contributed by atoms with Crippen molar-refractivity contribution in [3.8, 4) is 17.9 Å². The Morgan fingerprint density at radius 1 is 1.00 bits per heavy atom. The molecule has 0 fully saturated rings. The van der Waals surface area contributed by atoms with E-state index in [0.717, 1.165) is 5.56 Å². The molecular formula is C14H9N3. The Hall–Kier alpha value is -2.78. The third-order valence-corrected chi connectivity index (χ3v) is 2.20. The van der Waals surface area contributed by atoms with Crippen LogP contribution >= 0.6 is 0 Å². The first-order chi connectivity index (χ1) is 8.29. The lowest BCUT2D eigenvalue weighted by Crippen LogP contribution is -1.90. The molecule has 1 aromatic heterocycles. The normalized spacial score (nSPS) is 8.88. The van der Waals surface area contributed by atoms with Crippen LogP contribution in [0.2, 0.25) is 0 Å². The van der Waals surface area contributed by atoms with Crippen molar-refractivity contribution in [1.82, 2.24) is 4.98 Å². The summed E-state index contributed by atoms with van der Waals surface area (Å²) in [6.07, 6.45) is 3.36. The third-order valence-electron chi connectivity index (χ3n) is 2.20. The number of nitrogens with two attached hydrogens (primary N) is 1. The molecule has 3 heteroatoms. The number of hydrogen-bond donors (Lipinski definition) is 1. The highest BCUT2D eigenvalue weighted by molar-refractivity contribution is 5.60. The van der Waals surface area contributed by atoms with E-state index in [9.17, 15) is 0 Å². The highest BCUT2D eigenvalue weighted by Crippen LogP contribution is 2.12. The van der Waals surface area contributed by atoms with E-state index in [-0.39, 0.29) is 0 Å². The Kier molecular flexibility index (Phi) is 3.05. The van der Waals surface area contributed by atoms with Gasteiger partial charge in [-0.2, -0.15) is 5.26 Å². The lowest BCUT2D eigenvalue weighted by molar-refractivity contribution is 1.32.